The zero-order valence-corrected chi connectivity index (χ0v) is 15.0. The number of fused-ring (bicyclic) bond motifs is 1. The van der Waals surface area contributed by atoms with Crippen LogP contribution in [0.5, 0.6) is 0 Å². The zero-order valence-electron chi connectivity index (χ0n) is 15.0. The number of piperidine rings is 1. The Hall–Kier alpha value is -1.78. The lowest BCUT2D eigenvalue weighted by Crippen LogP contribution is -2.37. The normalized spacial score (nSPS) is 19.5. The van der Waals surface area contributed by atoms with Gasteiger partial charge in [0.25, 0.3) is 0 Å². The minimum absolute atomic E-state index is 0.0197. The molecule has 0 N–H and O–H groups in total. The summed E-state index contributed by atoms with van der Waals surface area (Å²) < 4.78 is 3.53. The Labute approximate surface area is 137 Å². The molecular formula is C18H28N4O. The molecule has 3 heterocycles. The van der Waals surface area contributed by atoms with E-state index in [2.05, 4.69) is 44.7 Å². The van der Waals surface area contributed by atoms with Crippen molar-refractivity contribution in [3.05, 3.63) is 22.6 Å². The van der Waals surface area contributed by atoms with Crippen LogP contribution in [0.1, 0.15) is 47.0 Å². The molecule has 1 saturated heterocycles. The predicted octanol–water partition coefficient (Wildman–Crippen LogP) is 3.16. The summed E-state index contributed by atoms with van der Waals surface area (Å²) in [6.45, 7) is 10.5. The molecule has 5 heteroatoms. The molecule has 2 aromatic heterocycles. The molecule has 0 amide bonds. The van der Waals surface area contributed by atoms with E-state index < -0.39 is 0 Å². The lowest BCUT2D eigenvalue weighted by Gasteiger charge is -2.34. The second-order valence-electron chi connectivity index (χ2n) is 8.04. The van der Waals surface area contributed by atoms with Crippen LogP contribution in [0.2, 0.25) is 0 Å². The molecule has 2 aromatic rings. The van der Waals surface area contributed by atoms with Crippen molar-refractivity contribution in [2.24, 2.45) is 12.5 Å². The molecule has 23 heavy (non-hydrogen) atoms. The number of rotatable bonds is 2. The van der Waals surface area contributed by atoms with Gasteiger partial charge in [-0.25, -0.2) is 9.78 Å². The van der Waals surface area contributed by atoms with Crippen LogP contribution in [-0.2, 0) is 13.6 Å². The molecule has 0 saturated carbocycles. The first-order valence-corrected chi connectivity index (χ1v) is 8.61. The summed E-state index contributed by atoms with van der Waals surface area (Å²) in [6.07, 6.45) is 3.72. The van der Waals surface area contributed by atoms with Crippen LogP contribution < -0.4 is 10.6 Å². The Morgan fingerprint density at radius 3 is 2.65 bits per heavy atom. The van der Waals surface area contributed by atoms with Gasteiger partial charge < -0.3 is 4.90 Å². The largest absolute Gasteiger partial charge is 0.354 e. The molecule has 0 bridgehead atoms. The van der Waals surface area contributed by atoms with Crippen molar-refractivity contribution in [3.63, 3.8) is 0 Å². The predicted molar refractivity (Wildman–Crippen MR) is 95.1 cm³/mol. The number of pyridine rings is 1. The van der Waals surface area contributed by atoms with E-state index in [1.165, 1.54) is 19.3 Å². The highest BCUT2D eigenvalue weighted by Gasteiger charge is 2.22. The van der Waals surface area contributed by atoms with E-state index in [-0.39, 0.29) is 11.1 Å². The fraction of sp³-hybridized carbons (Fsp3) is 0.667. The van der Waals surface area contributed by atoms with E-state index >= 15 is 0 Å². The lowest BCUT2D eigenvalue weighted by atomic mass is 9.97. The Bertz CT molecular complexity index is 766. The molecule has 126 valence electrons. The molecule has 0 unspecified atom stereocenters. The molecule has 0 radical (unpaired) electrons. The average Bonchev–Trinajstić information content (AvgIpc) is 2.71. The standard InChI is InChI=1S/C18H28N4O/c1-13-8-6-7-11-21(13)15-10-9-14-16(19-15)20(5)17(23)22(14)12-18(2,3)4/h9-10,13H,6-8,11-12H2,1-5H3/t13-/m0/s1. The van der Waals surface area contributed by atoms with Gasteiger partial charge >= 0.3 is 5.69 Å². The van der Waals surface area contributed by atoms with Crippen LogP contribution in [0.25, 0.3) is 11.2 Å². The van der Waals surface area contributed by atoms with Crippen molar-refractivity contribution in [3.8, 4) is 0 Å². The first-order valence-electron chi connectivity index (χ1n) is 8.61. The summed E-state index contributed by atoms with van der Waals surface area (Å²) in [5, 5.41) is 0. The molecule has 1 aliphatic heterocycles. The summed E-state index contributed by atoms with van der Waals surface area (Å²) in [5.41, 5.74) is 1.79. The van der Waals surface area contributed by atoms with Crippen LogP contribution in [0.15, 0.2) is 16.9 Å². The highest BCUT2D eigenvalue weighted by atomic mass is 16.1. The highest BCUT2D eigenvalue weighted by Crippen LogP contribution is 2.25. The van der Waals surface area contributed by atoms with E-state index in [0.717, 1.165) is 23.5 Å². The number of hydrogen-bond acceptors (Lipinski definition) is 3. The van der Waals surface area contributed by atoms with E-state index in [4.69, 9.17) is 4.98 Å². The molecular weight excluding hydrogens is 288 g/mol. The molecule has 3 rings (SSSR count). The maximum atomic E-state index is 12.6. The maximum absolute atomic E-state index is 12.6. The number of anilines is 1. The minimum atomic E-state index is 0.0197. The van der Waals surface area contributed by atoms with Gasteiger partial charge in [0, 0.05) is 26.2 Å². The molecule has 0 aliphatic carbocycles. The van der Waals surface area contributed by atoms with Gasteiger partial charge in [-0.05, 0) is 43.7 Å². The van der Waals surface area contributed by atoms with Crippen molar-refractivity contribution in [1.29, 1.82) is 0 Å². The van der Waals surface area contributed by atoms with Crippen LogP contribution in [0.4, 0.5) is 5.82 Å². The van der Waals surface area contributed by atoms with Crippen LogP contribution in [0, 0.1) is 5.41 Å². The minimum Gasteiger partial charge on any atom is -0.354 e. The highest BCUT2D eigenvalue weighted by molar-refractivity contribution is 5.74. The fourth-order valence-electron chi connectivity index (χ4n) is 3.49. The molecule has 0 aromatic carbocycles. The van der Waals surface area contributed by atoms with E-state index in [9.17, 15) is 4.79 Å². The smallest absolute Gasteiger partial charge is 0.330 e. The van der Waals surface area contributed by atoms with Crippen molar-refractivity contribution in [2.45, 2.75) is 59.5 Å². The van der Waals surface area contributed by atoms with Gasteiger partial charge in [-0.2, -0.15) is 0 Å². The number of aryl methyl sites for hydroxylation is 1. The van der Waals surface area contributed by atoms with E-state index in [1.807, 2.05) is 11.6 Å². The zero-order chi connectivity index (χ0) is 16.8. The third-order valence-electron chi connectivity index (χ3n) is 4.70. The topological polar surface area (TPSA) is 43.1 Å². The van der Waals surface area contributed by atoms with Gasteiger partial charge in [-0.15, -0.1) is 0 Å². The van der Waals surface area contributed by atoms with Gasteiger partial charge in [0.05, 0.1) is 5.52 Å². The summed E-state index contributed by atoms with van der Waals surface area (Å²) in [5.74, 6) is 0.994. The van der Waals surface area contributed by atoms with Gasteiger partial charge in [-0.1, -0.05) is 20.8 Å². The Morgan fingerprint density at radius 2 is 2.00 bits per heavy atom. The molecule has 1 atom stereocenters. The molecule has 1 fully saturated rings. The molecule has 1 aliphatic rings. The third-order valence-corrected chi connectivity index (χ3v) is 4.70. The van der Waals surface area contributed by atoms with Crippen LogP contribution in [0.3, 0.4) is 0 Å². The third kappa shape index (κ3) is 3.01. The van der Waals surface area contributed by atoms with E-state index in [1.54, 1.807) is 4.57 Å². The summed E-state index contributed by atoms with van der Waals surface area (Å²) in [4.78, 5) is 19.8. The fourth-order valence-corrected chi connectivity index (χ4v) is 3.49. The van der Waals surface area contributed by atoms with Gasteiger partial charge in [-0.3, -0.25) is 9.13 Å². The molecule has 0 spiro atoms. The van der Waals surface area contributed by atoms with Crippen LogP contribution >= 0.6 is 0 Å². The Morgan fingerprint density at radius 1 is 1.26 bits per heavy atom. The number of aromatic nitrogens is 3. The summed E-state index contributed by atoms with van der Waals surface area (Å²) in [7, 11) is 1.82. The van der Waals surface area contributed by atoms with Crippen molar-refractivity contribution >= 4 is 17.0 Å². The quantitative estimate of drug-likeness (QED) is 0.855. The number of imidazole rings is 1. The van der Waals surface area contributed by atoms with Crippen LogP contribution in [-0.4, -0.2) is 26.7 Å². The number of nitrogens with zero attached hydrogens (tertiary/aromatic N) is 4. The van der Waals surface area contributed by atoms with Crippen molar-refractivity contribution in [2.75, 3.05) is 11.4 Å². The first kappa shape index (κ1) is 16.1. The Kier molecular flexibility index (Phi) is 3.98. The molecule has 5 nitrogen and oxygen atoms in total. The van der Waals surface area contributed by atoms with Crippen molar-refractivity contribution < 1.29 is 0 Å². The summed E-state index contributed by atoms with van der Waals surface area (Å²) >= 11 is 0. The average molecular weight is 316 g/mol. The second kappa shape index (κ2) is 5.69. The Balaban J connectivity index is 2.07. The maximum Gasteiger partial charge on any atom is 0.330 e. The van der Waals surface area contributed by atoms with Gasteiger partial charge in [0.1, 0.15) is 5.82 Å². The lowest BCUT2D eigenvalue weighted by molar-refractivity contribution is 0.342. The summed E-state index contributed by atoms with van der Waals surface area (Å²) in [6, 6.07) is 4.65. The second-order valence-corrected chi connectivity index (χ2v) is 8.04. The van der Waals surface area contributed by atoms with Gasteiger partial charge in [0.15, 0.2) is 5.65 Å². The van der Waals surface area contributed by atoms with Crippen molar-refractivity contribution in [1.82, 2.24) is 14.1 Å². The first-order chi connectivity index (χ1) is 10.8. The van der Waals surface area contributed by atoms with E-state index in [0.29, 0.717) is 12.6 Å². The monoisotopic (exact) mass is 316 g/mol. The SMILES string of the molecule is C[C@H]1CCCCN1c1ccc2c(n1)n(C)c(=O)n2CC(C)(C)C. The number of hydrogen-bond donors (Lipinski definition) is 0. The van der Waals surface area contributed by atoms with Gasteiger partial charge in [0.2, 0.25) is 0 Å².